The number of nitrogens with zero attached hydrogens (tertiary/aromatic N) is 4. The van der Waals surface area contributed by atoms with Crippen LogP contribution >= 0.6 is 23.1 Å². The standard InChI is InChI=1S/C21H19N5O2S2/c1-3-17(18(27)23-20-25-24-13(2)29-20)30-21-22-16-12-8-7-11-15(16)19(28)26(21)14-9-5-4-6-10-14/h4-12,17H,3H2,1-2H3,(H,23,25,27). The lowest BCUT2D eigenvalue weighted by Gasteiger charge is -2.17. The molecule has 4 rings (SSSR count). The van der Waals surface area contributed by atoms with E-state index < -0.39 is 5.25 Å². The van der Waals surface area contributed by atoms with Crippen LogP contribution in [-0.2, 0) is 4.79 Å². The zero-order valence-electron chi connectivity index (χ0n) is 16.4. The van der Waals surface area contributed by atoms with E-state index in [9.17, 15) is 9.59 Å². The highest BCUT2D eigenvalue weighted by Crippen LogP contribution is 2.28. The lowest BCUT2D eigenvalue weighted by Crippen LogP contribution is -2.27. The van der Waals surface area contributed by atoms with E-state index in [0.29, 0.717) is 33.3 Å². The Morgan fingerprint density at radius 1 is 1.13 bits per heavy atom. The molecular formula is C21H19N5O2S2. The molecule has 0 aliphatic rings. The van der Waals surface area contributed by atoms with Crippen LogP contribution in [0.2, 0.25) is 0 Å². The number of aromatic nitrogens is 4. The highest BCUT2D eigenvalue weighted by Gasteiger charge is 2.23. The summed E-state index contributed by atoms with van der Waals surface area (Å²) in [4.78, 5) is 30.8. The Morgan fingerprint density at radius 3 is 2.57 bits per heavy atom. The van der Waals surface area contributed by atoms with Crippen LogP contribution in [0.1, 0.15) is 18.4 Å². The van der Waals surface area contributed by atoms with Crippen molar-refractivity contribution in [2.45, 2.75) is 30.7 Å². The molecule has 2 aromatic carbocycles. The third-order valence-electron chi connectivity index (χ3n) is 4.43. The third-order valence-corrected chi connectivity index (χ3v) is 6.50. The van der Waals surface area contributed by atoms with Gasteiger partial charge in [-0.15, -0.1) is 10.2 Å². The molecular weight excluding hydrogens is 418 g/mol. The Morgan fingerprint density at radius 2 is 1.87 bits per heavy atom. The van der Waals surface area contributed by atoms with Crippen LogP contribution in [0.15, 0.2) is 64.5 Å². The summed E-state index contributed by atoms with van der Waals surface area (Å²) < 4.78 is 1.57. The Bertz CT molecular complexity index is 1250. The molecule has 30 heavy (non-hydrogen) atoms. The number of thioether (sulfide) groups is 1. The zero-order chi connectivity index (χ0) is 21.1. The van der Waals surface area contributed by atoms with Gasteiger partial charge >= 0.3 is 0 Å². The van der Waals surface area contributed by atoms with Gasteiger partial charge in [0.2, 0.25) is 11.0 Å². The van der Waals surface area contributed by atoms with Crippen molar-refractivity contribution in [1.29, 1.82) is 0 Å². The maximum Gasteiger partial charge on any atom is 0.266 e. The van der Waals surface area contributed by atoms with Crippen molar-refractivity contribution in [3.05, 3.63) is 70.0 Å². The summed E-state index contributed by atoms with van der Waals surface area (Å²) in [6.45, 7) is 3.76. The van der Waals surface area contributed by atoms with Crippen molar-refractivity contribution in [3.8, 4) is 5.69 Å². The first-order chi connectivity index (χ1) is 14.6. The fraction of sp³-hybridized carbons (Fsp3) is 0.190. The number of para-hydroxylation sites is 2. The molecule has 1 atom stereocenters. The largest absolute Gasteiger partial charge is 0.300 e. The van der Waals surface area contributed by atoms with E-state index in [2.05, 4.69) is 15.5 Å². The second kappa shape index (κ2) is 8.76. The fourth-order valence-corrected chi connectivity index (χ4v) is 4.61. The molecule has 0 spiro atoms. The van der Waals surface area contributed by atoms with Crippen molar-refractivity contribution in [3.63, 3.8) is 0 Å². The summed E-state index contributed by atoms with van der Waals surface area (Å²) in [5, 5.41) is 12.5. The lowest BCUT2D eigenvalue weighted by atomic mass is 10.2. The first kappa shape index (κ1) is 20.2. The molecule has 4 aromatic rings. The number of carbonyl (C=O) groups is 1. The Kier molecular flexibility index (Phi) is 5.91. The van der Waals surface area contributed by atoms with E-state index in [1.54, 1.807) is 16.7 Å². The second-order valence-electron chi connectivity index (χ2n) is 6.52. The van der Waals surface area contributed by atoms with Gasteiger partial charge < -0.3 is 0 Å². The average Bonchev–Trinajstić information content (AvgIpc) is 3.17. The van der Waals surface area contributed by atoms with Crippen molar-refractivity contribution in [2.75, 3.05) is 5.32 Å². The van der Waals surface area contributed by atoms with Gasteiger partial charge in [0.15, 0.2) is 5.16 Å². The van der Waals surface area contributed by atoms with E-state index in [1.807, 2.05) is 56.3 Å². The number of anilines is 1. The van der Waals surface area contributed by atoms with Gasteiger partial charge in [0, 0.05) is 0 Å². The summed E-state index contributed by atoms with van der Waals surface area (Å²) >= 11 is 2.59. The zero-order valence-corrected chi connectivity index (χ0v) is 18.0. The van der Waals surface area contributed by atoms with Crippen LogP contribution in [-0.4, -0.2) is 30.9 Å². The molecule has 0 aliphatic heterocycles. The third kappa shape index (κ3) is 4.12. The Hall–Kier alpha value is -3.04. The molecule has 1 N–H and O–H groups in total. The SMILES string of the molecule is CCC(Sc1nc2ccccc2c(=O)n1-c1ccccc1)C(=O)Nc1nnc(C)s1. The molecule has 0 fully saturated rings. The fourth-order valence-electron chi connectivity index (χ4n) is 2.98. The number of fused-ring (bicyclic) bond motifs is 1. The number of carbonyl (C=O) groups excluding carboxylic acids is 1. The molecule has 0 aliphatic carbocycles. The quantitative estimate of drug-likeness (QED) is 0.361. The molecule has 1 amide bonds. The number of benzene rings is 2. The molecule has 0 saturated heterocycles. The van der Waals surface area contributed by atoms with Gasteiger partial charge in [-0.3, -0.25) is 19.5 Å². The van der Waals surface area contributed by atoms with Crippen molar-refractivity contribution < 1.29 is 4.79 Å². The summed E-state index contributed by atoms with van der Waals surface area (Å²) in [6, 6.07) is 16.6. The van der Waals surface area contributed by atoms with Crippen LogP contribution in [0.3, 0.4) is 0 Å². The van der Waals surface area contributed by atoms with Gasteiger partial charge in [0.05, 0.1) is 21.8 Å². The average molecular weight is 438 g/mol. The second-order valence-corrected chi connectivity index (χ2v) is 8.87. The minimum atomic E-state index is -0.447. The first-order valence-electron chi connectivity index (χ1n) is 9.41. The summed E-state index contributed by atoms with van der Waals surface area (Å²) in [5.41, 5.74) is 1.15. The molecule has 0 radical (unpaired) electrons. The monoisotopic (exact) mass is 437 g/mol. The van der Waals surface area contributed by atoms with Gasteiger partial charge in [-0.1, -0.05) is 60.4 Å². The number of rotatable bonds is 6. The molecule has 1 unspecified atom stereocenters. The minimum Gasteiger partial charge on any atom is -0.300 e. The van der Waals surface area contributed by atoms with Crippen molar-refractivity contribution in [2.24, 2.45) is 0 Å². The van der Waals surface area contributed by atoms with Crippen LogP contribution in [0.25, 0.3) is 16.6 Å². The van der Waals surface area contributed by atoms with E-state index in [1.165, 1.54) is 23.1 Å². The van der Waals surface area contributed by atoms with Gasteiger partial charge in [-0.25, -0.2) is 4.98 Å². The topological polar surface area (TPSA) is 89.8 Å². The number of nitrogens with one attached hydrogen (secondary N) is 1. The number of hydrogen-bond acceptors (Lipinski definition) is 7. The minimum absolute atomic E-state index is 0.163. The van der Waals surface area contributed by atoms with Crippen LogP contribution in [0.4, 0.5) is 5.13 Å². The van der Waals surface area contributed by atoms with Gasteiger partial charge in [-0.2, -0.15) is 0 Å². The van der Waals surface area contributed by atoms with Gasteiger partial charge in [-0.05, 0) is 37.6 Å². The van der Waals surface area contributed by atoms with Gasteiger partial charge in [0.25, 0.3) is 5.56 Å². The maximum atomic E-state index is 13.3. The van der Waals surface area contributed by atoms with E-state index in [0.717, 1.165) is 5.01 Å². The Labute approximate surface area is 181 Å². The highest BCUT2D eigenvalue weighted by molar-refractivity contribution is 8.00. The normalized spacial score (nSPS) is 12.1. The smallest absolute Gasteiger partial charge is 0.266 e. The van der Waals surface area contributed by atoms with E-state index in [-0.39, 0.29) is 11.5 Å². The summed E-state index contributed by atoms with van der Waals surface area (Å²) in [6.07, 6.45) is 0.561. The van der Waals surface area contributed by atoms with E-state index >= 15 is 0 Å². The van der Waals surface area contributed by atoms with Crippen LogP contribution in [0, 0.1) is 6.92 Å². The molecule has 2 aromatic heterocycles. The van der Waals surface area contributed by atoms with Crippen molar-refractivity contribution >= 4 is 45.0 Å². The van der Waals surface area contributed by atoms with Crippen LogP contribution < -0.4 is 10.9 Å². The highest BCUT2D eigenvalue weighted by atomic mass is 32.2. The molecule has 0 bridgehead atoms. The number of amides is 1. The van der Waals surface area contributed by atoms with E-state index in [4.69, 9.17) is 4.98 Å². The summed E-state index contributed by atoms with van der Waals surface area (Å²) in [5.74, 6) is -0.194. The lowest BCUT2D eigenvalue weighted by molar-refractivity contribution is -0.115. The first-order valence-corrected chi connectivity index (χ1v) is 11.1. The Balaban J connectivity index is 1.75. The molecule has 152 valence electrons. The maximum absolute atomic E-state index is 13.3. The predicted molar refractivity (Wildman–Crippen MR) is 121 cm³/mol. The molecule has 7 nitrogen and oxygen atoms in total. The molecule has 2 heterocycles. The van der Waals surface area contributed by atoms with Crippen LogP contribution in [0.5, 0.6) is 0 Å². The van der Waals surface area contributed by atoms with Gasteiger partial charge in [0.1, 0.15) is 5.01 Å². The molecule has 9 heteroatoms. The van der Waals surface area contributed by atoms with Crippen molar-refractivity contribution in [1.82, 2.24) is 19.7 Å². The predicted octanol–water partition coefficient (Wildman–Crippen LogP) is 4.06. The number of aryl methyl sites for hydroxylation is 1. The number of hydrogen-bond donors (Lipinski definition) is 1. The summed E-state index contributed by atoms with van der Waals surface area (Å²) in [7, 11) is 0. The molecule has 0 saturated carbocycles.